The van der Waals surface area contributed by atoms with E-state index in [0.717, 1.165) is 48.5 Å². The molecule has 122 valence electrons. The molecular formula is C19H19N3O2. The fraction of sp³-hybridized carbons (Fsp3) is 0.263. The monoisotopic (exact) mass is 321 g/mol. The number of para-hydroxylation sites is 1. The Balaban J connectivity index is 1.40. The van der Waals surface area contributed by atoms with Crippen molar-refractivity contribution >= 4 is 22.7 Å². The van der Waals surface area contributed by atoms with Gasteiger partial charge in [0.25, 0.3) is 0 Å². The van der Waals surface area contributed by atoms with Gasteiger partial charge in [-0.15, -0.1) is 0 Å². The molecule has 0 spiro atoms. The molecule has 0 atom stereocenters. The SMILES string of the molecule is O=C(Cc1coc2ccccc12)N1CCN(c2ccccn2)CC1. The number of carbonyl (C=O) groups excluding carboxylic acids is 1. The highest BCUT2D eigenvalue weighted by molar-refractivity contribution is 5.87. The molecule has 1 aromatic carbocycles. The van der Waals surface area contributed by atoms with Crippen LogP contribution >= 0.6 is 0 Å². The van der Waals surface area contributed by atoms with Gasteiger partial charge in [0.2, 0.25) is 5.91 Å². The summed E-state index contributed by atoms with van der Waals surface area (Å²) in [4.78, 5) is 21.1. The third-order valence-electron chi connectivity index (χ3n) is 4.51. The number of amides is 1. The molecule has 5 nitrogen and oxygen atoms in total. The van der Waals surface area contributed by atoms with E-state index < -0.39 is 0 Å². The molecule has 5 heteroatoms. The Morgan fingerprint density at radius 3 is 2.62 bits per heavy atom. The summed E-state index contributed by atoms with van der Waals surface area (Å²) in [5, 5.41) is 1.03. The highest BCUT2D eigenvalue weighted by Gasteiger charge is 2.22. The number of pyridine rings is 1. The number of nitrogens with zero attached hydrogens (tertiary/aromatic N) is 3. The molecule has 0 saturated carbocycles. The summed E-state index contributed by atoms with van der Waals surface area (Å²) in [6.45, 7) is 3.08. The van der Waals surface area contributed by atoms with Gasteiger partial charge < -0.3 is 14.2 Å². The zero-order valence-electron chi connectivity index (χ0n) is 13.4. The predicted molar refractivity (Wildman–Crippen MR) is 92.9 cm³/mol. The van der Waals surface area contributed by atoms with Gasteiger partial charge in [0, 0.05) is 43.3 Å². The van der Waals surface area contributed by atoms with Crippen LogP contribution in [0.15, 0.2) is 59.3 Å². The van der Waals surface area contributed by atoms with Crippen LogP contribution in [0.25, 0.3) is 11.0 Å². The van der Waals surface area contributed by atoms with Crippen LogP contribution in [-0.2, 0) is 11.2 Å². The molecule has 4 rings (SSSR count). The van der Waals surface area contributed by atoms with Gasteiger partial charge in [-0.3, -0.25) is 4.79 Å². The molecule has 1 aliphatic rings. The van der Waals surface area contributed by atoms with Crippen LogP contribution in [0.4, 0.5) is 5.82 Å². The molecule has 0 unspecified atom stereocenters. The van der Waals surface area contributed by atoms with Crippen molar-refractivity contribution in [1.82, 2.24) is 9.88 Å². The van der Waals surface area contributed by atoms with Crippen molar-refractivity contribution in [3.05, 3.63) is 60.5 Å². The molecule has 1 saturated heterocycles. The molecular weight excluding hydrogens is 302 g/mol. The van der Waals surface area contributed by atoms with E-state index in [-0.39, 0.29) is 5.91 Å². The summed E-state index contributed by atoms with van der Waals surface area (Å²) in [6, 6.07) is 13.7. The van der Waals surface area contributed by atoms with Crippen molar-refractivity contribution in [1.29, 1.82) is 0 Å². The van der Waals surface area contributed by atoms with Gasteiger partial charge >= 0.3 is 0 Å². The number of benzene rings is 1. The first-order valence-corrected chi connectivity index (χ1v) is 8.20. The quantitative estimate of drug-likeness (QED) is 0.744. The average molecular weight is 321 g/mol. The molecule has 2 aromatic heterocycles. The van der Waals surface area contributed by atoms with Gasteiger partial charge in [0.05, 0.1) is 12.7 Å². The minimum Gasteiger partial charge on any atom is -0.464 e. The zero-order valence-corrected chi connectivity index (χ0v) is 13.4. The standard InChI is InChI=1S/C19H19N3O2/c23-19(13-15-14-24-17-6-2-1-5-16(15)17)22-11-9-21(10-12-22)18-7-3-4-8-20-18/h1-8,14H,9-13H2. The van der Waals surface area contributed by atoms with Crippen molar-refractivity contribution in [3.8, 4) is 0 Å². The third-order valence-corrected chi connectivity index (χ3v) is 4.51. The number of hydrogen-bond donors (Lipinski definition) is 0. The summed E-state index contributed by atoms with van der Waals surface area (Å²) >= 11 is 0. The van der Waals surface area contributed by atoms with E-state index in [1.807, 2.05) is 47.4 Å². The Bertz CT molecular complexity index is 836. The fourth-order valence-corrected chi connectivity index (χ4v) is 3.17. The molecule has 0 bridgehead atoms. The van der Waals surface area contributed by atoms with Gasteiger partial charge in [-0.05, 0) is 18.2 Å². The maximum Gasteiger partial charge on any atom is 0.227 e. The van der Waals surface area contributed by atoms with Crippen LogP contribution in [0.1, 0.15) is 5.56 Å². The topological polar surface area (TPSA) is 49.6 Å². The lowest BCUT2D eigenvalue weighted by molar-refractivity contribution is -0.130. The van der Waals surface area contributed by atoms with Crippen LogP contribution < -0.4 is 4.90 Å². The minimum atomic E-state index is 0.155. The Hall–Kier alpha value is -2.82. The molecule has 1 fully saturated rings. The van der Waals surface area contributed by atoms with Crippen molar-refractivity contribution in [2.75, 3.05) is 31.1 Å². The number of anilines is 1. The van der Waals surface area contributed by atoms with Gasteiger partial charge in [-0.25, -0.2) is 4.98 Å². The smallest absolute Gasteiger partial charge is 0.227 e. The third kappa shape index (κ3) is 2.85. The van der Waals surface area contributed by atoms with E-state index >= 15 is 0 Å². The lowest BCUT2D eigenvalue weighted by atomic mass is 10.1. The second kappa shape index (κ2) is 6.35. The Kier molecular flexibility index (Phi) is 3.91. The van der Waals surface area contributed by atoms with Gasteiger partial charge in [-0.1, -0.05) is 24.3 Å². The van der Waals surface area contributed by atoms with Crippen molar-refractivity contribution < 1.29 is 9.21 Å². The number of piperazine rings is 1. The number of carbonyl (C=O) groups is 1. The van der Waals surface area contributed by atoms with Crippen molar-refractivity contribution in [2.45, 2.75) is 6.42 Å². The highest BCUT2D eigenvalue weighted by atomic mass is 16.3. The summed E-state index contributed by atoms with van der Waals surface area (Å²) in [5.74, 6) is 1.13. The molecule has 24 heavy (non-hydrogen) atoms. The van der Waals surface area contributed by atoms with Gasteiger partial charge in [-0.2, -0.15) is 0 Å². The van der Waals surface area contributed by atoms with Crippen LogP contribution in [-0.4, -0.2) is 42.0 Å². The summed E-state index contributed by atoms with van der Waals surface area (Å²) in [6.07, 6.45) is 3.89. The maximum absolute atomic E-state index is 12.6. The largest absolute Gasteiger partial charge is 0.464 e. The lowest BCUT2D eigenvalue weighted by Gasteiger charge is -2.35. The summed E-state index contributed by atoms with van der Waals surface area (Å²) in [7, 11) is 0. The van der Waals surface area contributed by atoms with E-state index in [4.69, 9.17) is 4.42 Å². The predicted octanol–water partition coefficient (Wildman–Crippen LogP) is 2.72. The number of aromatic nitrogens is 1. The normalized spacial score (nSPS) is 15.0. The first-order chi connectivity index (χ1) is 11.8. The second-order valence-electron chi connectivity index (χ2n) is 5.99. The van der Waals surface area contributed by atoms with Crippen molar-refractivity contribution in [3.63, 3.8) is 0 Å². The highest BCUT2D eigenvalue weighted by Crippen LogP contribution is 2.22. The molecule has 3 heterocycles. The average Bonchev–Trinajstić information content (AvgIpc) is 3.06. The molecule has 0 N–H and O–H groups in total. The lowest BCUT2D eigenvalue weighted by Crippen LogP contribution is -2.49. The first kappa shape index (κ1) is 14.8. The van der Waals surface area contributed by atoms with Crippen LogP contribution in [0, 0.1) is 0 Å². The van der Waals surface area contributed by atoms with E-state index in [0.29, 0.717) is 6.42 Å². The molecule has 0 radical (unpaired) electrons. The second-order valence-corrected chi connectivity index (χ2v) is 5.99. The fourth-order valence-electron chi connectivity index (χ4n) is 3.17. The number of fused-ring (bicyclic) bond motifs is 1. The summed E-state index contributed by atoms with van der Waals surface area (Å²) < 4.78 is 5.52. The number of rotatable bonds is 3. The zero-order chi connectivity index (χ0) is 16.4. The van der Waals surface area contributed by atoms with Gasteiger partial charge in [0.1, 0.15) is 11.4 Å². The molecule has 1 aliphatic heterocycles. The Morgan fingerprint density at radius 2 is 1.83 bits per heavy atom. The molecule has 0 aliphatic carbocycles. The van der Waals surface area contributed by atoms with Crippen LogP contribution in [0.3, 0.4) is 0 Å². The molecule has 1 amide bonds. The number of hydrogen-bond acceptors (Lipinski definition) is 4. The van der Waals surface area contributed by atoms with Gasteiger partial charge in [0.15, 0.2) is 0 Å². The van der Waals surface area contributed by atoms with E-state index in [1.54, 1.807) is 12.5 Å². The Morgan fingerprint density at radius 1 is 1.04 bits per heavy atom. The van der Waals surface area contributed by atoms with E-state index in [1.165, 1.54) is 0 Å². The Labute approximate surface area is 140 Å². The number of furan rings is 1. The van der Waals surface area contributed by atoms with Crippen LogP contribution in [0.5, 0.6) is 0 Å². The van der Waals surface area contributed by atoms with E-state index in [9.17, 15) is 4.79 Å². The van der Waals surface area contributed by atoms with E-state index in [2.05, 4.69) is 9.88 Å². The summed E-state index contributed by atoms with van der Waals surface area (Å²) in [5.41, 5.74) is 1.79. The van der Waals surface area contributed by atoms with Crippen molar-refractivity contribution in [2.24, 2.45) is 0 Å². The van der Waals surface area contributed by atoms with Crippen LogP contribution in [0.2, 0.25) is 0 Å². The first-order valence-electron chi connectivity index (χ1n) is 8.20. The minimum absolute atomic E-state index is 0.155. The maximum atomic E-state index is 12.6. The molecule has 3 aromatic rings.